The van der Waals surface area contributed by atoms with E-state index in [-0.39, 0.29) is 0 Å². The highest BCUT2D eigenvalue weighted by Gasteiger charge is 2.17. The lowest BCUT2D eigenvalue weighted by Crippen LogP contribution is -2.02. The maximum Gasteiger partial charge on any atom is 0.165 e. The molecule has 22 heavy (non-hydrogen) atoms. The molecular weight excluding hydrogens is 274 g/mol. The first-order valence-electron chi connectivity index (χ1n) is 7.44. The van der Waals surface area contributed by atoms with Crippen LogP contribution < -0.4 is 0 Å². The van der Waals surface area contributed by atoms with Crippen LogP contribution in [0.3, 0.4) is 0 Å². The van der Waals surface area contributed by atoms with E-state index in [2.05, 4.69) is 23.9 Å². The Balaban J connectivity index is 2.12. The van der Waals surface area contributed by atoms with Crippen molar-refractivity contribution < 1.29 is 0 Å². The molecule has 0 fully saturated rings. The van der Waals surface area contributed by atoms with Crippen molar-refractivity contribution >= 4 is 21.9 Å². The smallest absolute Gasteiger partial charge is 0.165 e. The number of para-hydroxylation sites is 1. The number of pyridine rings is 1. The number of benzene rings is 1. The first-order chi connectivity index (χ1) is 10.7. The van der Waals surface area contributed by atoms with Crippen LogP contribution in [0.15, 0.2) is 42.7 Å². The molecule has 0 N–H and O–H groups in total. The van der Waals surface area contributed by atoms with Gasteiger partial charge in [-0.2, -0.15) is 10.2 Å². The maximum absolute atomic E-state index is 4.70. The standard InChI is InChI=1S/C17H17N5/c1-11(2)21-16-13(10-19-21)9-18-17-15(16)12(3)20-22(17)14-7-5-4-6-8-14/h4-11H,1-3H3. The molecule has 0 spiro atoms. The monoisotopic (exact) mass is 291 g/mol. The Bertz CT molecular complexity index is 963. The molecule has 3 aromatic heterocycles. The molecule has 3 heterocycles. The minimum atomic E-state index is 0.294. The van der Waals surface area contributed by atoms with Crippen molar-refractivity contribution in [2.75, 3.05) is 0 Å². The summed E-state index contributed by atoms with van der Waals surface area (Å²) in [6.07, 6.45) is 3.76. The summed E-state index contributed by atoms with van der Waals surface area (Å²) in [6.45, 7) is 6.30. The summed E-state index contributed by atoms with van der Waals surface area (Å²) < 4.78 is 3.95. The van der Waals surface area contributed by atoms with Gasteiger partial charge in [0.2, 0.25) is 0 Å². The van der Waals surface area contributed by atoms with E-state index in [1.807, 2.05) is 59.0 Å². The van der Waals surface area contributed by atoms with Crippen molar-refractivity contribution in [3.8, 4) is 5.69 Å². The lowest BCUT2D eigenvalue weighted by atomic mass is 10.2. The van der Waals surface area contributed by atoms with E-state index < -0.39 is 0 Å². The van der Waals surface area contributed by atoms with Gasteiger partial charge in [0.25, 0.3) is 0 Å². The van der Waals surface area contributed by atoms with Gasteiger partial charge in [-0.1, -0.05) is 18.2 Å². The third-order valence-electron chi connectivity index (χ3n) is 3.91. The fourth-order valence-corrected chi connectivity index (χ4v) is 2.91. The van der Waals surface area contributed by atoms with E-state index in [0.717, 1.165) is 33.3 Å². The molecule has 0 aliphatic heterocycles. The molecule has 0 saturated carbocycles. The Morgan fingerprint density at radius 3 is 2.55 bits per heavy atom. The van der Waals surface area contributed by atoms with Crippen molar-refractivity contribution in [2.45, 2.75) is 26.8 Å². The molecule has 0 unspecified atom stereocenters. The van der Waals surface area contributed by atoms with Gasteiger partial charge in [0.1, 0.15) is 0 Å². The number of hydrogen-bond acceptors (Lipinski definition) is 3. The highest BCUT2D eigenvalue weighted by Crippen LogP contribution is 2.29. The number of rotatable bonds is 2. The van der Waals surface area contributed by atoms with E-state index in [9.17, 15) is 0 Å². The zero-order chi connectivity index (χ0) is 15.3. The van der Waals surface area contributed by atoms with E-state index >= 15 is 0 Å². The average Bonchev–Trinajstić information content (AvgIpc) is 3.09. The van der Waals surface area contributed by atoms with Crippen LogP contribution in [-0.4, -0.2) is 24.5 Å². The van der Waals surface area contributed by atoms with Crippen LogP contribution in [0.25, 0.3) is 27.6 Å². The second-order valence-corrected chi connectivity index (χ2v) is 5.78. The topological polar surface area (TPSA) is 48.5 Å². The van der Waals surface area contributed by atoms with Crippen LogP contribution in [0, 0.1) is 6.92 Å². The SMILES string of the molecule is Cc1nn(-c2ccccc2)c2ncc3cnn(C(C)C)c3c12. The van der Waals surface area contributed by atoms with Gasteiger partial charge in [-0.25, -0.2) is 9.67 Å². The van der Waals surface area contributed by atoms with Gasteiger partial charge in [0.05, 0.1) is 28.5 Å². The molecule has 5 nitrogen and oxygen atoms in total. The molecule has 0 aliphatic rings. The number of fused-ring (bicyclic) bond motifs is 3. The van der Waals surface area contributed by atoms with E-state index in [1.165, 1.54) is 0 Å². The molecular formula is C17H17N5. The number of hydrogen-bond donors (Lipinski definition) is 0. The minimum Gasteiger partial charge on any atom is -0.261 e. The number of aromatic nitrogens is 5. The summed E-state index contributed by atoms with van der Waals surface area (Å²) in [4.78, 5) is 4.63. The summed E-state index contributed by atoms with van der Waals surface area (Å²) in [5, 5.41) is 11.3. The Morgan fingerprint density at radius 2 is 1.82 bits per heavy atom. The van der Waals surface area contributed by atoms with Gasteiger partial charge in [0, 0.05) is 17.6 Å². The van der Waals surface area contributed by atoms with Crippen LogP contribution in [0.5, 0.6) is 0 Å². The first kappa shape index (κ1) is 13.0. The third kappa shape index (κ3) is 1.75. The summed E-state index contributed by atoms with van der Waals surface area (Å²) in [5.41, 5.74) is 3.97. The van der Waals surface area contributed by atoms with Gasteiger partial charge in [-0.3, -0.25) is 4.68 Å². The van der Waals surface area contributed by atoms with Gasteiger partial charge in [0.15, 0.2) is 5.65 Å². The highest BCUT2D eigenvalue weighted by molar-refractivity contribution is 6.04. The fourth-order valence-electron chi connectivity index (χ4n) is 2.91. The molecule has 1 aromatic carbocycles. The van der Waals surface area contributed by atoms with Crippen LogP contribution in [-0.2, 0) is 0 Å². The lowest BCUT2D eigenvalue weighted by molar-refractivity contribution is 0.552. The van der Waals surface area contributed by atoms with E-state index in [4.69, 9.17) is 5.10 Å². The minimum absolute atomic E-state index is 0.294. The largest absolute Gasteiger partial charge is 0.261 e. The Hall–Kier alpha value is -2.69. The average molecular weight is 291 g/mol. The van der Waals surface area contributed by atoms with Crippen molar-refractivity contribution in [3.63, 3.8) is 0 Å². The Morgan fingerprint density at radius 1 is 1.05 bits per heavy atom. The van der Waals surface area contributed by atoms with Gasteiger partial charge in [-0.05, 0) is 32.9 Å². The van der Waals surface area contributed by atoms with Crippen LogP contribution in [0.4, 0.5) is 0 Å². The summed E-state index contributed by atoms with van der Waals surface area (Å²) in [5.74, 6) is 0. The molecule has 0 saturated heterocycles. The molecule has 0 bridgehead atoms. The van der Waals surface area contributed by atoms with E-state index in [1.54, 1.807) is 0 Å². The fraction of sp³-hybridized carbons (Fsp3) is 0.235. The Kier molecular flexibility index (Phi) is 2.76. The van der Waals surface area contributed by atoms with Crippen LogP contribution in [0.2, 0.25) is 0 Å². The third-order valence-corrected chi connectivity index (χ3v) is 3.91. The molecule has 4 aromatic rings. The van der Waals surface area contributed by atoms with Gasteiger partial charge in [-0.15, -0.1) is 0 Å². The second kappa shape index (κ2) is 4.66. The lowest BCUT2D eigenvalue weighted by Gasteiger charge is -2.08. The molecule has 0 atom stereocenters. The van der Waals surface area contributed by atoms with Gasteiger partial charge >= 0.3 is 0 Å². The summed E-state index contributed by atoms with van der Waals surface area (Å²) in [7, 11) is 0. The zero-order valence-corrected chi connectivity index (χ0v) is 12.9. The highest BCUT2D eigenvalue weighted by atomic mass is 15.3. The maximum atomic E-state index is 4.70. The molecule has 5 heteroatoms. The summed E-state index contributed by atoms with van der Waals surface area (Å²) in [6, 6.07) is 10.4. The predicted molar refractivity (Wildman–Crippen MR) is 87.3 cm³/mol. The van der Waals surface area contributed by atoms with Gasteiger partial charge < -0.3 is 0 Å². The van der Waals surface area contributed by atoms with Crippen LogP contribution in [0.1, 0.15) is 25.6 Å². The van der Waals surface area contributed by atoms with Crippen molar-refractivity contribution in [1.29, 1.82) is 0 Å². The molecule has 0 aliphatic carbocycles. The zero-order valence-electron chi connectivity index (χ0n) is 12.9. The number of aryl methyl sites for hydroxylation is 1. The molecule has 110 valence electrons. The van der Waals surface area contributed by atoms with Crippen molar-refractivity contribution in [2.24, 2.45) is 0 Å². The quantitative estimate of drug-likeness (QED) is 0.566. The normalized spacial score (nSPS) is 11.8. The Labute approximate surface area is 128 Å². The second-order valence-electron chi connectivity index (χ2n) is 5.78. The van der Waals surface area contributed by atoms with E-state index in [0.29, 0.717) is 6.04 Å². The van der Waals surface area contributed by atoms with Crippen LogP contribution >= 0.6 is 0 Å². The molecule has 4 rings (SSSR count). The number of nitrogens with zero attached hydrogens (tertiary/aromatic N) is 5. The molecule has 0 radical (unpaired) electrons. The van der Waals surface area contributed by atoms with Crippen molar-refractivity contribution in [3.05, 3.63) is 48.4 Å². The predicted octanol–water partition coefficient (Wildman–Crippen LogP) is 3.66. The molecule has 0 amide bonds. The van der Waals surface area contributed by atoms with Crippen molar-refractivity contribution in [1.82, 2.24) is 24.5 Å². The first-order valence-corrected chi connectivity index (χ1v) is 7.44. The summed E-state index contributed by atoms with van der Waals surface area (Å²) >= 11 is 0.